The molecule has 0 aromatic heterocycles. The minimum atomic E-state index is -0.712. The van der Waals surface area contributed by atoms with Gasteiger partial charge in [-0.3, -0.25) is 4.79 Å². The highest BCUT2D eigenvalue weighted by molar-refractivity contribution is 7.98. The van der Waals surface area contributed by atoms with Gasteiger partial charge in [0.2, 0.25) is 5.91 Å². The Morgan fingerprint density at radius 1 is 1.50 bits per heavy atom. The van der Waals surface area contributed by atoms with Crippen LogP contribution in [0.25, 0.3) is 0 Å². The maximum Gasteiger partial charge on any atom is 0.339 e. The molecule has 0 saturated heterocycles. The Balaban J connectivity index is 2.87. The second-order valence-corrected chi connectivity index (χ2v) is 5.04. The molecular weight excluding hydrogens is 283 g/mol. The lowest BCUT2D eigenvalue weighted by molar-refractivity contribution is -0.117. The van der Waals surface area contributed by atoms with Gasteiger partial charge in [-0.1, -0.05) is 0 Å². The van der Waals surface area contributed by atoms with E-state index >= 15 is 0 Å². The second-order valence-electron chi connectivity index (χ2n) is 4.06. The summed E-state index contributed by atoms with van der Waals surface area (Å²) in [7, 11) is 1.21. The van der Waals surface area contributed by atoms with E-state index < -0.39 is 23.7 Å². The summed E-state index contributed by atoms with van der Waals surface area (Å²) in [6, 6.07) is 2.72. The fourth-order valence-electron chi connectivity index (χ4n) is 1.51. The summed E-state index contributed by atoms with van der Waals surface area (Å²) in [6.07, 6.45) is 2.41. The number of anilines is 1. The zero-order valence-electron chi connectivity index (χ0n) is 11.3. The van der Waals surface area contributed by atoms with Crippen LogP contribution in [-0.4, -0.2) is 37.0 Å². The van der Waals surface area contributed by atoms with Gasteiger partial charge in [0.05, 0.1) is 24.4 Å². The van der Waals surface area contributed by atoms with Crippen molar-refractivity contribution in [2.45, 2.75) is 12.5 Å². The number of nitrogens with one attached hydrogen (secondary N) is 1. The molecule has 0 fully saturated rings. The highest BCUT2D eigenvalue weighted by Crippen LogP contribution is 2.18. The van der Waals surface area contributed by atoms with Gasteiger partial charge in [-0.05, 0) is 36.6 Å². The second kappa shape index (κ2) is 7.86. The minimum absolute atomic E-state index is 0.0569. The van der Waals surface area contributed by atoms with E-state index in [2.05, 4.69) is 10.1 Å². The molecule has 1 amide bonds. The largest absolute Gasteiger partial charge is 0.465 e. The van der Waals surface area contributed by atoms with Gasteiger partial charge in [0.1, 0.15) is 5.82 Å². The van der Waals surface area contributed by atoms with E-state index in [9.17, 15) is 14.0 Å². The molecule has 1 aromatic carbocycles. The highest BCUT2D eigenvalue weighted by Gasteiger charge is 2.18. The van der Waals surface area contributed by atoms with Crippen LogP contribution in [0.5, 0.6) is 0 Å². The quantitative estimate of drug-likeness (QED) is 0.780. The molecule has 0 spiro atoms. The Bertz CT molecular complexity index is 497. The van der Waals surface area contributed by atoms with E-state index in [4.69, 9.17) is 5.73 Å². The van der Waals surface area contributed by atoms with Crippen LogP contribution in [0.15, 0.2) is 18.2 Å². The average molecular weight is 300 g/mol. The van der Waals surface area contributed by atoms with Crippen LogP contribution in [0.4, 0.5) is 10.1 Å². The molecule has 1 rings (SSSR count). The number of ether oxygens (including phenoxy) is 1. The van der Waals surface area contributed by atoms with Gasteiger partial charge in [0, 0.05) is 0 Å². The number of benzene rings is 1. The molecule has 0 heterocycles. The topological polar surface area (TPSA) is 81.4 Å². The predicted octanol–water partition coefficient (Wildman–Crippen LogP) is 1.63. The van der Waals surface area contributed by atoms with Gasteiger partial charge in [0.15, 0.2) is 0 Å². The van der Waals surface area contributed by atoms with Crippen molar-refractivity contribution in [2.75, 3.05) is 24.4 Å². The third-order valence-electron chi connectivity index (χ3n) is 2.61. The van der Waals surface area contributed by atoms with E-state index in [1.54, 1.807) is 11.8 Å². The van der Waals surface area contributed by atoms with E-state index in [1.165, 1.54) is 13.2 Å². The van der Waals surface area contributed by atoms with Gasteiger partial charge in [-0.25, -0.2) is 9.18 Å². The number of hydrogen-bond acceptors (Lipinski definition) is 5. The number of esters is 1. The van der Waals surface area contributed by atoms with Gasteiger partial charge in [-0.15, -0.1) is 0 Å². The zero-order chi connectivity index (χ0) is 15.1. The fraction of sp³-hybridized carbons (Fsp3) is 0.385. The number of rotatable bonds is 6. The Kier molecular flexibility index (Phi) is 6.47. The lowest BCUT2D eigenvalue weighted by Crippen LogP contribution is -2.36. The van der Waals surface area contributed by atoms with Gasteiger partial charge < -0.3 is 15.8 Å². The Morgan fingerprint density at radius 3 is 2.80 bits per heavy atom. The zero-order valence-corrected chi connectivity index (χ0v) is 12.1. The Hall–Kier alpha value is -1.60. The molecule has 0 saturated carbocycles. The number of thioether (sulfide) groups is 1. The minimum Gasteiger partial charge on any atom is -0.465 e. The molecule has 1 atom stereocenters. The number of methoxy groups -OCH3 is 1. The fourth-order valence-corrected chi connectivity index (χ4v) is 2.00. The van der Waals surface area contributed by atoms with Crippen LogP contribution in [0.3, 0.4) is 0 Å². The molecule has 7 heteroatoms. The smallest absolute Gasteiger partial charge is 0.339 e. The first-order chi connectivity index (χ1) is 9.49. The van der Waals surface area contributed by atoms with E-state index in [1.807, 2.05) is 6.26 Å². The van der Waals surface area contributed by atoms with Crippen LogP contribution >= 0.6 is 11.8 Å². The summed E-state index contributed by atoms with van der Waals surface area (Å²) < 4.78 is 17.8. The lowest BCUT2D eigenvalue weighted by Gasteiger charge is -2.14. The molecule has 1 aromatic rings. The predicted molar refractivity (Wildman–Crippen MR) is 77.3 cm³/mol. The molecule has 0 bridgehead atoms. The standard InChI is InChI=1S/C13H17FN2O3S/c1-19-13(18)9-4-3-8(14)7-11(9)16-12(17)10(15)5-6-20-2/h3-4,7,10H,5-6,15H2,1-2H3,(H,16,17)/t10-/m0/s1. The van der Waals surface area contributed by atoms with Crippen LogP contribution < -0.4 is 11.1 Å². The number of amides is 1. The summed E-state index contributed by atoms with van der Waals surface area (Å²) in [4.78, 5) is 23.4. The lowest BCUT2D eigenvalue weighted by atomic mass is 10.1. The maximum absolute atomic E-state index is 13.2. The summed E-state index contributed by atoms with van der Waals surface area (Å²) in [5.41, 5.74) is 5.85. The normalized spacial score (nSPS) is 11.8. The van der Waals surface area contributed by atoms with Gasteiger partial charge >= 0.3 is 5.97 Å². The Labute approximate surface area is 121 Å². The van der Waals surface area contributed by atoms with Crippen molar-refractivity contribution in [1.29, 1.82) is 0 Å². The van der Waals surface area contributed by atoms with Crippen LogP contribution in [-0.2, 0) is 9.53 Å². The van der Waals surface area contributed by atoms with Gasteiger partial charge in [0.25, 0.3) is 0 Å². The molecule has 20 heavy (non-hydrogen) atoms. The van der Waals surface area contributed by atoms with Crippen molar-refractivity contribution in [2.24, 2.45) is 5.73 Å². The first-order valence-electron chi connectivity index (χ1n) is 5.92. The first-order valence-corrected chi connectivity index (χ1v) is 7.32. The third kappa shape index (κ3) is 4.50. The summed E-state index contributed by atoms with van der Waals surface area (Å²) in [5.74, 6) is -0.944. The molecule has 0 aliphatic carbocycles. The molecule has 110 valence electrons. The van der Waals surface area contributed by atoms with Crippen molar-refractivity contribution in [3.63, 3.8) is 0 Å². The van der Waals surface area contributed by atoms with Crippen molar-refractivity contribution >= 4 is 29.3 Å². The maximum atomic E-state index is 13.2. The van der Waals surface area contributed by atoms with Crippen molar-refractivity contribution in [3.8, 4) is 0 Å². The number of halogens is 1. The average Bonchev–Trinajstić information content (AvgIpc) is 2.44. The first kappa shape index (κ1) is 16.5. The highest BCUT2D eigenvalue weighted by atomic mass is 32.2. The van der Waals surface area contributed by atoms with Gasteiger partial charge in [-0.2, -0.15) is 11.8 Å². The number of carbonyl (C=O) groups is 2. The van der Waals surface area contributed by atoms with Crippen molar-refractivity contribution in [3.05, 3.63) is 29.6 Å². The van der Waals surface area contributed by atoms with E-state index in [0.717, 1.165) is 17.9 Å². The SMILES string of the molecule is COC(=O)c1ccc(F)cc1NC(=O)[C@@H](N)CCSC. The molecular formula is C13H17FN2O3S. The van der Waals surface area contributed by atoms with Crippen LogP contribution in [0.1, 0.15) is 16.8 Å². The molecule has 3 N–H and O–H groups in total. The summed E-state index contributed by atoms with van der Waals surface area (Å²) in [5, 5.41) is 2.46. The van der Waals surface area contributed by atoms with Crippen molar-refractivity contribution < 1.29 is 18.7 Å². The molecule has 0 aliphatic rings. The monoisotopic (exact) mass is 300 g/mol. The third-order valence-corrected chi connectivity index (χ3v) is 3.26. The van der Waals surface area contributed by atoms with Crippen LogP contribution in [0.2, 0.25) is 0 Å². The summed E-state index contributed by atoms with van der Waals surface area (Å²) >= 11 is 1.57. The van der Waals surface area contributed by atoms with E-state index in [-0.39, 0.29) is 11.3 Å². The molecule has 0 unspecified atom stereocenters. The van der Waals surface area contributed by atoms with Crippen LogP contribution in [0, 0.1) is 5.82 Å². The molecule has 0 radical (unpaired) electrons. The van der Waals surface area contributed by atoms with E-state index in [0.29, 0.717) is 6.42 Å². The Morgan fingerprint density at radius 2 is 2.20 bits per heavy atom. The molecule has 5 nitrogen and oxygen atoms in total. The number of carbonyl (C=O) groups excluding carboxylic acids is 2. The van der Waals surface area contributed by atoms with Crippen molar-refractivity contribution in [1.82, 2.24) is 0 Å². The molecule has 0 aliphatic heterocycles. The summed E-state index contributed by atoms with van der Waals surface area (Å²) in [6.45, 7) is 0. The number of hydrogen-bond donors (Lipinski definition) is 2. The number of nitrogens with two attached hydrogens (primary N) is 1.